The molecule has 0 atom stereocenters. The van der Waals surface area contributed by atoms with E-state index in [2.05, 4.69) is 10.6 Å². The van der Waals surface area contributed by atoms with Gasteiger partial charge in [0, 0.05) is 18.2 Å². The summed E-state index contributed by atoms with van der Waals surface area (Å²) in [4.78, 5) is 12.4. The molecular formula is C22H26N2O6. The maximum Gasteiger partial charge on any atom is 0.319 e. The highest BCUT2D eigenvalue weighted by molar-refractivity contribution is 5.91. The van der Waals surface area contributed by atoms with Crippen molar-refractivity contribution < 1.29 is 28.5 Å². The molecule has 8 nitrogen and oxygen atoms in total. The zero-order valence-corrected chi connectivity index (χ0v) is 17.1. The summed E-state index contributed by atoms with van der Waals surface area (Å²) >= 11 is 0. The predicted molar refractivity (Wildman–Crippen MR) is 111 cm³/mol. The number of carbonyl (C=O) groups excluding carboxylic acids is 1. The SMILES string of the molecule is COc1ccc(NC(=O)NC2CCC(Oc3ccc4c(c3)OCO4)CC2)c(OC)c1. The van der Waals surface area contributed by atoms with E-state index >= 15 is 0 Å². The molecule has 30 heavy (non-hydrogen) atoms. The summed E-state index contributed by atoms with van der Waals surface area (Å²) in [6, 6.07) is 10.7. The number of amides is 2. The molecule has 2 aromatic carbocycles. The first kappa shape index (κ1) is 20.0. The molecule has 0 radical (unpaired) electrons. The zero-order chi connectivity index (χ0) is 20.9. The maximum absolute atomic E-state index is 12.4. The van der Waals surface area contributed by atoms with Gasteiger partial charge in [0.15, 0.2) is 11.5 Å². The topological polar surface area (TPSA) is 87.3 Å². The highest BCUT2D eigenvalue weighted by atomic mass is 16.7. The second-order valence-corrected chi connectivity index (χ2v) is 7.27. The maximum atomic E-state index is 12.4. The lowest BCUT2D eigenvalue weighted by Gasteiger charge is -2.29. The lowest BCUT2D eigenvalue weighted by Crippen LogP contribution is -2.41. The van der Waals surface area contributed by atoms with Crippen LogP contribution in [0.5, 0.6) is 28.7 Å². The molecule has 0 saturated heterocycles. The Labute approximate surface area is 175 Å². The molecule has 160 valence electrons. The molecule has 2 N–H and O–H groups in total. The van der Waals surface area contributed by atoms with E-state index in [1.54, 1.807) is 32.4 Å². The van der Waals surface area contributed by atoms with Crippen molar-refractivity contribution in [1.29, 1.82) is 0 Å². The van der Waals surface area contributed by atoms with E-state index < -0.39 is 0 Å². The van der Waals surface area contributed by atoms with Gasteiger partial charge < -0.3 is 34.3 Å². The predicted octanol–water partition coefficient (Wildman–Crippen LogP) is 3.94. The Morgan fingerprint density at radius 3 is 2.47 bits per heavy atom. The summed E-state index contributed by atoms with van der Waals surface area (Å²) in [5.41, 5.74) is 0.593. The van der Waals surface area contributed by atoms with Crippen molar-refractivity contribution in [3.05, 3.63) is 36.4 Å². The Hall–Kier alpha value is -3.29. The second kappa shape index (κ2) is 9.02. The quantitative estimate of drug-likeness (QED) is 0.744. The zero-order valence-electron chi connectivity index (χ0n) is 17.1. The number of ether oxygens (including phenoxy) is 5. The van der Waals surface area contributed by atoms with E-state index in [1.165, 1.54) is 0 Å². The molecule has 1 heterocycles. The van der Waals surface area contributed by atoms with Crippen molar-refractivity contribution >= 4 is 11.7 Å². The number of hydrogen-bond donors (Lipinski definition) is 2. The van der Waals surface area contributed by atoms with Gasteiger partial charge >= 0.3 is 6.03 Å². The molecule has 8 heteroatoms. The molecule has 2 aromatic rings. The molecule has 1 aliphatic carbocycles. The van der Waals surface area contributed by atoms with E-state index in [9.17, 15) is 4.79 Å². The Balaban J connectivity index is 1.25. The van der Waals surface area contributed by atoms with Gasteiger partial charge in [-0.25, -0.2) is 4.79 Å². The molecule has 1 fully saturated rings. The Morgan fingerprint density at radius 1 is 0.933 bits per heavy atom. The van der Waals surface area contributed by atoms with Crippen LogP contribution in [0.3, 0.4) is 0 Å². The number of urea groups is 1. The van der Waals surface area contributed by atoms with Gasteiger partial charge in [-0.15, -0.1) is 0 Å². The molecular weight excluding hydrogens is 388 g/mol. The van der Waals surface area contributed by atoms with E-state index in [0.717, 1.165) is 37.2 Å². The number of fused-ring (bicyclic) bond motifs is 1. The highest BCUT2D eigenvalue weighted by Gasteiger charge is 2.24. The summed E-state index contributed by atoms with van der Waals surface area (Å²) in [6.07, 6.45) is 3.55. The molecule has 0 unspecified atom stereocenters. The number of hydrogen-bond acceptors (Lipinski definition) is 6. The molecule has 0 bridgehead atoms. The Kier molecular flexibility index (Phi) is 6.02. The molecule has 4 rings (SSSR count). The first-order valence-corrected chi connectivity index (χ1v) is 10.0. The van der Waals surface area contributed by atoms with Gasteiger partial charge in [0.2, 0.25) is 6.79 Å². The van der Waals surface area contributed by atoms with Gasteiger partial charge in [0.25, 0.3) is 0 Å². The normalized spacial score (nSPS) is 19.7. The fourth-order valence-corrected chi connectivity index (χ4v) is 3.71. The van der Waals surface area contributed by atoms with Crippen LogP contribution in [0.1, 0.15) is 25.7 Å². The van der Waals surface area contributed by atoms with Crippen molar-refractivity contribution in [2.45, 2.75) is 37.8 Å². The van der Waals surface area contributed by atoms with Crippen LogP contribution in [0, 0.1) is 0 Å². The van der Waals surface area contributed by atoms with Gasteiger partial charge in [-0.05, 0) is 49.9 Å². The van der Waals surface area contributed by atoms with Gasteiger partial charge in [-0.2, -0.15) is 0 Å². The van der Waals surface area contributed by atoms with E-state index in [-0.39, 0.29) is 25.0 Å². The third-order valence-electron chi connectivity index (χ3n) is 5.31. The number of rotatable bonds is 6. The summed E-state index contributed by atoms with van der Waals surface area (Å²) in [7, 11) is 3.14. The van der Waals surface area contributed by atoms with Crippen molar-refractivity contribution in [2.24, 2.45) is 0 Å². The highest BCUT2D eigenvalue weighted by Crippen LogP contribution is 2.36. The fourth-order valence-electron chi connectivity index (χ4n) is 3.71. The number of methoxy groups -OCH3 is 2. The first-order chi connectivity index (χ1) is 14.6. The Bertz CT molecular complexity index is 895. The molecule has 2 aliphatic rings. The van der Waals surface area contributed by atoms with Gasteiger partial charge in [-0.3, -0.25) is 0 Å². The fraction of sp³-hybridized carbons (Fsp3) is 0.409. The van der Waals surface area contributed by atoms with Crippen molar-refractivity contribution in [2.75, 3.05) is 26.3 Å². The lowest BCUT2D eigenvalue weighted by molar-refractivity contribution is 0.140. The third-order valence-corrected chi connectivity index (χ3v) is 5.31. The average Bonchev–Trinajstić information content (AvgIpc) is 3.23. The molecule has 0 aromatic heterocycles. The van der Waals surface area contributed by atoms with Crippen LogP contribution in [-0.2, 0) is 0 Å². The molecule has 2 amide bonds. The lowest BCUT2D eigenvalue weighted by atomic mass is 9.93. The van der Waals surface area contributed by atoms with Crippen LogP contribution in [-0.4, -0.2) is 39.2 Å². The van der Waals surface area contributed by atoms with Gasteiger partial charge in [-0.1, -0.05) is 0 Å². The number of nitrogens with one attached hydrogen (secondary N) is 2. The average molecular weight is 414 g/mol. The summed E-state index contributed by atoms with van der Waals surface area (Å²) < 4.78 is 27.3. The largest absolute Gasteiger partial charge is 0.497 e. The van der Waals surface area contributed by atoms with Crippen molar-refractivity contribution in [1.82, 2.24) is 5.32 Å². The number of benzene rings is 2. The van der Waals surface area contributed by atoms with Crippen LogP contribution < -0.4 is 34.3 Å². The van der Waals surface area contributed by atoms with Gasteiger partial charge in [0.1, 0.15) is 17.2 Å². The van der Waals surface area contributed by atoms with E-state index in [0.29, 0.717) is 22.9 Å². The smallest absolute Gasteiger partial charge is 0.319 e. The van der Waals surface area contributed by atoms with Crippen LogP contribution >= 0.6 is 0 Å². The van der Waals surface area contributed by atoms with Crippen molar-refractivity contribution in [3.8, 4) is 28.7 Å². The summed E-state index contributed by atoms with van der Waals surface area (Å²) in [5.74, 6) is 3.45. The minimum atomic E-state index is -0.251. The van der Waals surface area contributed by atoms with E-state index in [4.69, 9.17) is 23.7 Å². The van der Waals surface area contributed by atoms with Crippen LogP contribution in [0.25, 0.3) is 0 Å². The standard InChI is InChI=1S/C22H26N2O6/c1-26-16-7-9-18(20(11-16)27-2)24-22(25)23-14-3-5-15(6-4-14)30-17-8-10-19-21(12-17)29-13-28-19/h7-12,14-15H,3-6,13H2,1-2H3,(H2,23,24,25). The first-order valence-electron chi connectivity index (χ1n) is 10.0. The minimum absolute atomic E-state index is 0.103. The monoisotopic (exact) mass is 414 g/mol. The molecule has 1 saturated carbocycles. The number of anilines is 1. The third kappa shape index (κ3) is 4.64. The van der Waals surface area contributed by atoms with Crippen LogP contribution in [0.2, 0.25) is 0 Å². The summed E-state index contributed by atoms with van der Waals surface area (Å²) in [6.45, 7) is 0.250. The van der Waals surface area contributed by atoms with Gasteiger partial charge in [0.05, 0.1) is 26.0 Å². The minimum Gasteiger partial charge on any atom is -0.497 e. The molecule has 1 aliphatic heterocycles. The second-order valence-electron chi connectivity index (χ2n) is 7.27. The van der Waals surface area contributed by atoms with E-state index in [1.807, 2.05) is 18.2 Å². The Morgan fingerprint density at radius 2 is 1.70 bits per heavy atom. The summed E-state index contributed by atoms with van der Waals surface area (Å²) in [5, 5.41) is 5.88. The van der Waals surface area contributed by atoms with Crippen LogP contribution in [0.15, 0.2) is 36.4 Å². The number of carbonyl (C=O) groups is 1. The molecule has 0 spiro atoms. The van der Waals surface area contributed by atoms with Crippen LogP contribution in [0.4, 0.5) is 10.5 Å². The van der Waals surface area contributed by atoms with Crippen molar-refractivity contribution in [3.63, 3.8) is 0 Å².